The minimum Gasteiger partial charge on any atom is -0.489 e. The minimum atomic E-state index is -0.375. The zero-order valence-corrected chi connectivity index (χ0v) is 12.4. The average molecular weight is 314 g/mol. The Morgan fingerprint density at radius 2 is 1.95 bits per heavy atom. The number of hydrogen-bond acceptors (Lipinski definition) is 2. The van der Waals surface area contributed by atoms with Crippen molar-refractivity contribution in [3.63, 3.8) is 0 Å². The van der Waals surface area contributed by atoms with E-state index in [4.69, 9.17) is 33.7 Å². The molecule has 1 unspecified atom stereocenters. The van der Waals surface area contributed by atoms with Gasteiger partial charge >= 0.3 is 0 Å². The Balaban J connectivity index is 2.09. The van der Waals surface area contributed by atoms with E-state index in [0.717, 1.165) is 5.56 Å². The summed E-state index contributed by atoms with van der Waals surface area (Å²) in [7, 11) is 0. The van der Waals surface area contributed by atoms with Crippen LogP contribution in [0.2, 0.25) is 10.0 Å². The first kappa shape index (κ1) is 15.1. The van der Waals surface area contributed by atoms with E-state index in [1.54, 1.807) is 37.3 Å². The molecule has 2 rings (SSSR count). The lowest BCUT2D eigenvalue weighted by molar-refractivity contribution is 0.304. The van der Waals surface area contributed by atoms with Gasteiger partial charge in [0.2, 0.25) is 0 Å². The second kappa shape index (κ2) is 6.44. The van der Waals surface area contributed by atoms with Crippen LogP contribution >= 0.6 is 23.2 Å². The van der Waals surface area contributed by atoms with E-state index in [2.05, 4.69) is 0 Å². The molecule has 5 heteroatoms. The summed E-state index contributed by atoms with van der Waals surface area (Å²) in [6.07, 6.45) is 0. The van der Waals surface area contributed by atoms with Crippen LogP contribution in [-0.2, 0) is 6.61 Å². The Morgan fingerprint density at radius 1 is 1.20 bits per heavy atom. The molecule has 0 amide bonds. The minimum absolute atomic E-state index is 0.243. The van der Waals surface area contributed by atoms with Crippen LogP contribution in [0.5, 0.6) is 5.75 Å². The molecule has 2 aromatic rings. The van der Waals surface area contributed by atoms with E-state index in [-0.39, 0.29) is 18.5 Å². The molecule has 0 aliphatic heterocycles. The van der Waals surface area contributed by atoms with E-state index >= 15 is 0 Å². The van der Waals surface area contributed by atoms with Crippen molar-refractivity contribution >= 4 is 23.2 Å². The number of nitrogens with two attached hydrogens (primary N) is 1. The maximum atomic E-state index is 13.8. The molecule has 0 fully saturated rings. The highest BCUT2D eigenvalue weighted by Gasteiger charge is 2.09. The molecule has 2 aromatic carbocycles. The molecule has 0 saturated heterocycles. The third kappa shape index (κ3) is 3.63. The molecular weight excluding hydrogens is 300 g/mol. The van der Waals surface area contributed by atoms with E-state index in [1.165, 1.54) is 6.07 Å². The number of halogens is 3. The fourth-order valence-electron chi connectivity index (χ4n) is 1.77. The maximum absolute atomic E-state index is 13.8. The zero-order chi connectivity index (χ0) is 14.7. The molecule has 0 aromatic heterocycles. The van der Waals surface area contributed by atoms with Crippen molar-refractivity contribution in [1.29, 1.82) is 0 Å². The highest BCUT2D eigenvalue weighted by Crippen LogP contribution is 2.24. The molecule has 106 valence electrons. The van der Waals surface area contributed by atoms with Gasteiger partial charge in [0, 0.05) is 33.3 Å². The topological polar surface area (TPSA) is 35.2 Å². The van der Waals surface area contributed by atoms with Crippen LogP contribution in [0.3, 0.4) is 0 Å². The lowest BCUT2D eigenvalue weighted by Gasteiger charge is -2.11. The molecule has 0 bridgehead atoms. The van der Waals surface area contributed by atoms with Gasteiger partial charge in [0.05, 0.1) is 0 Å². The van der Waals surface area contributed by atoms with Gasteiger partial charge < -0.3 is 10.5 Å². The Morgan fingerprint density at radius 3 is 2.55 bits per heavy atom. The Labute approximate surface area is 127 Å². The molecule has 20 heavy (non-hydrogen) atoms. The first-order valence-corrected chi connectivity index (χ1v) is 6.84. The molecule has 0 saturated carbocycles. The van der Waals surface area contributed by atoms with Crippen molar-refractivity contribution in [2.45, 2.75) is 19.6 Å². The van der Waals surface area contributed by atoms with Crippen molar-refractivity contribution in [2.75, 3.05) is 0 Å². The lowest BCUT2D eigenvalue weighted by atomic mass is 10.1. The first-order chi connectivity index (χ1) is 9.47. The van der Waals surface area contributed by atoms with Crippen LogP contribution in [0.4, 0.5) is 4.39 Å². The van der Waals surface area contributed by atoms with E-state index in [9.17, 15) is 4.39 Å². The summed E-state index contributed by atoms with van der Waals surface area (Å²) >= 11 is 11.9. The summed E-state index contributed by atoms with van der Waals surface area (Å²) in [5, 5.41) is 1.08. The van der Waals surface area contributed by atoms with E-state index < -0.39 is 0 Å². The summed E-state index contributed by atoms with van der Waals surface area (Å²) in [4.78, 5) is 0. The van der Waals surface area contributed by atoms with Crippen LogP contribution in [0.15, 0.2) is 36.4 Å². The van der Waals surface area contributed by atoms with Crippen molar-refractivity contribution in [2.24, 2.45) is 5.73 Å². The summed E-state index contributed by atoms with van der Waals surface area (Å²) in [5.74, 6) is 0.0534. The van der Waals surface area contributed by atoms with Crippen molar-refractivity contribution in [3.05, 3.63) is 63.4 Å². The molecule has 1 atom stereocenters. The quantitative estimate of drug-likeness (QED) is 0.885. The van der Waals surface area contributed by atoms with Gasteiger partial charge in [-0.05, 0) is 25.1 Å². The predicted molar refractivity (Wildman–Crippen MR) is 79.8 cm³/mol. The average Bonchev–Trinajstić information content (AvgIpc) is 2.37. The molecule has 0 heterocycles. The van der Waals surface area contributed by atoms with E-state index in [0.29, 0.717) is 21.4 Å². The third-order valence-corrected chi connectivity index (χ3v) is 3.46. The fraction of sp³-hybridized carbons (Fsp3) is 0.200. The second-order valence-electron chi connectivity index (χ2n) is 4.50. The smallest absolute Gasteiger partial charge is 0.131 e. The summed E-state index contributed by atoms with van der Waals surface area (Å²) in [5.41, 5.74) is 6.90. The Bertz CT molecular complexity index is 617. The van der Waals surface area contributed by atoms with Gasteiger partial charge in [-0.1, -0.05) is 35.3 Å². The molecule has 2 nitrogen and oxygen atoms in total. The normalized spacial score (nSPS) is 12.2. The van der Waals surface area contributed by atoms with Gasteiger partial charge in [-0.25, -0.2) is 4.39 Å². The van der Waals surface area contributed by atoms with Gasteiger partial charge in [-0.2, -0.15) is 0 Å². The Kier molecular flexibility index (Phi) is 4.86. The zero-order valence-electron chi connectivity index (χ0n) is 10.9. The summed E-state index contributed by atoms with van der Waals surface area (Å²) in [6, 6.07) is 9.42. The molecule has 0 aliphatic rings. The van der Waals surface area contributed by atoms with Gasteiger partial charge in [0.25, 0.3) is 0 Å². The van der Waals surface area contributed by atoms with E-state index in [1.807, 2.05) is 0 Å². The Hall–Kier alpha value is -1.29. The number of rotatable bonds is 4. The monoisotopic (exact) mass is 313 g/mol. The molecule has 0 aliphatic carbocycles. The largest absolute Gasteiger partial charge is 0.489 e. The van der Waals surface area contributed by atoms with Gasteiger partial charge in [0.15, 0.2) is 0 Å². The molecule has 0 radical (unpaired) electrons. The SMILES string of the molecule is CC(N)c1ccc(OCc2ccc(Cl)cc2Cl)cc1F. The van der Waals surface area contributed by atoms with Crippen molar-refractivity contribution in [3.8, 4) is 5.75 Å². The van der Waals surface area contributed by atoms with Crippen molar-refractivity contribution < 1.29 is 9.13 Å². The second-order valence-corrected chi connectivity index (χ2v) is 5.34. The van der Waals surface area contributed by atoms with Crippen LogP contribution in [0, 0.1) is 5.82 Å². The maximum Gasteiger partial charge on any atom is 0.131 e. The summed E-state index contributed by atoms with van der Waals surface area (Å²) in [6.45, 7) is 1.97. The van der Waals surface area contributed by atoms with Crippen LogP contribution in [-0.4, -0.2) is 0 Å². The van der Waals surface area contributed by atoms with Crippen LogP contribution < -0.4 is 10.5 Å². The third-order valence-electron chi connectivity index (χ3n) is 2.87. The van der Waals surface area contributed by atoms with Gasteiger partial charge in [0.1, 0.15) is 18.2 Å². The van der Waals surface area contributed by atoms with Crippen LogP contribution in [0.1, 0.15) is 24.1 Å². The number of benzene rings is 2. The first-order valence-electron chi connectivity index (χ1n) is 6.09. The van der Waals surface area contributed by atoms with Gasteiger partial charge in [-0.15, -0.1) is 0 Å². The number of ether oxygens (including phenoxy) is 1. The predicted octanol–water partition coefficient (Wildman–Crippen LogP) is 4.73. The highest BCUT2D eigenvalue weighted by molar-refractivity contribution is 6.35. The van der Waals surface area contributed by atoms with Crippen LogP contribution in [0.25, 0.3) is 0 Å². The standard InChI is InChI=1S/C15H14Cl2FNO/c1-9(19)13-5-4-12(7-15(13)18)20-8-10-2-3-11(16)6-14(10)17/h2-7,9H,8,19H2,1H3. The molecule has 2 N–H and O–H groups in total. The summed E-state index contributed by atoms with van der Waals surface area (Å²) < 4.78 is 19.3. The highest BCUT2D eigenvalue weighted by atomic mass is 35.5. The molecule has 0 spiro atoms. The molecular formula is C15H14Cl2FNO. The number of hydrogen-bond donors (Lipinski definition) is 1. The lowest BCUT2D eigenvalue weighted by Crippen LogP contribution is -2.07. The fourth-order valence-corrected chi connectivity index (χ4v) is 2.23. The van der Waals surface area contributed by atoms with Gasteiger partial charge in [-0.3, -0.25) is 0 Å². The van der Waals surface area contributed by atoms with Crippen molar-refractivity contribution in [1.82, 2.24) is 0 Å².